The average Bonchev–Trinajstić information content (AvgIpc) is 2.64. The zero-order valence-corrected chi connectivity index (χ0v) is 17.3. The van der Waals surface area contributed by atoms with Crippen LogP contribution in [0.3, 0.4) is 0 Å². The third-order valence-electron chi connectivity index (χ3n) is 4.67. The van der Waals surface area contributed by atoms with E-state index in [1.54, 1.807) is 7.05 Å². The molecule has 0 aliphatic carbocycles. The Morgan fingerprint density at radius 1 is 1.18 bits per heavy atom. The molecule has 0 radical (unpaired) electrons. The van der Waals surface area contributed by atoms with Gasteiger partial charge in [-0.25, -0.2) is 0 Å². The van der Waals surface area contributed by atoms with Crippen molar-refractivity contribution in [2.45, 2.75) is 33.1 Å². The Morgan fingerprint density at radius 3 is 2.46 bits per heavy atom. The van der Waals surface area contributed by atoms with Crippen LogP contribution in [0.2, 0.25) is 5.02 Å². The first-order chi connectivity index (χ1) is 13.4. The van der Waals surface area contributed by atoms with E-state index < -0.39 is 0 Å². The molecule has 5 nitrogen and oxygen atoms in total. The van der Waals surface area contributed by atoms with Crippen LogP contribution in [0.1, 0.15) is 25.0 Å². The van der Waals surface area contributed by atoms with Crippen LogP contribution in [0, 0.1) is 5.92 Å². The molecule has 28 heavy (non-hydrogen) atoms. The van der Waals surface area contributed by atoms with E-state index in [0.29, 0.717) is 17.4 Å². The van der Waals surface area contributed by atoms with E-state index in [0.717, 1.165) is 30.9 Å². The molecule has 0 spiro atoms. The van der Waals surface area contributed by atoms with E-state index in [2.05, 4.69) is 22.3 Å². The average molecular weight is 403 g/mol. The Balaban J connectivity index is 1.47. The van der Waals surface area contributed by atoms with Crippen molar-refractivity contribution in [3.05, 3.63) is 58.6 Å². The number of likely N-dealkylation sites (tertiary alicyclic amines) is 1. The van der Waals surface area contributed by atoms with E-state index in [1.807, 2.05) is 44.2 Å². The standard InChI is InChI=1S/C22H27ClN2O3/c1-15(2)28-21-9-6-17(10-20(21)23)14-27-19-7-4-16(5-8-19)11-25-12-18(13-25)22(26)24-3/h4-10,15,18H,11-14H2,1-3H3,(H,24,26). The maximum Gasteiger partial charge on any atom is 0.225 e. The summed E-state index contributed by atoms with van der Waals surface area (Å²) in [5.74, 6) is 1.75. The molecule has 1 amide bonds. The largest absolute Gasteiger partial charge is 0.489 e. The number of rotatable bonds is 8. The minimum absolute atomic E-state index is 0.0871. The van der Waals surface area contributed by atoms with Gasteiger partial charge < -0.3 is 14.8 Å². The van der Waals surface area contributed by atoms with Crippen molar-refractivity contribution in [3.63, 3.8) is 0 Å². The number of amides is 1. The molecular formula is C22H27ClN2O3. The quantitative estimate of drug-likeness (QED) is 0.727. The van der Waals surface area contributed by atoms with Gasteiger partial charge in [-0.1, -0.05) is 29.8 Å². The zero-order valence-electron chi connectivity index (χ0n) is 16.6. The van der Waals surface area contributed by atoms with Crippen molar-refractivity contribution in [1.29, 1.82) is 0 Å². The molecule has 1 heterocycles. The Hall–Kier alpha value is -2.24. The van der Waals surface area contributed by atoms with Gasteiger partial charge in [-0.2, -0.15) is 0 Å². The number of halogens is 1. The molecule has 1 saturated heterocycles. The first kappa shape index (κ1) is 20.5. The zero-order chi connectivity index (χ0) is 20.1. The second-order valence-electron chi connectivity index (χ2n) is 7.37. The fraction of sp³-hybridized carbons (Fsp3) is 0.409. The summed E-state index contributed by atoms with van der Waals surface area (Å²) in [5, 5.41) is 3.30. The molecule has 6 heteroatoms. The first-order valence-electron chi connectivity index (χ1n) is 9.55. The first-order valence-corrected chi connectivity index (χ1v) is 9.93. The molecule has 1 aliphatic heterocycles. The number of hydrogen-bond donors (Lipinski definition) is 1. The van der Waals surface area contributed by atoms with Gasteiger partial charge in [0.1, 0.15) is 18.1 Å². The van der Waals surface area contributed by atoms with Gasteiger partial charge in [0, 0.05) is 26.7 Å². The molecule has 0 unspecified atom stereocenters. The Bertz CT molecular complexity index is 802. The van der Waals surface area contributed by atoms with Gasteiger partial charge >= 0.3 is 0 Å². The van der Waals surface area contributed by atoms with Crippen LogP contribution >= 0.6 is 11.6 Å². The van der Waals surface area contributed by atoms with E-state index in [9.17, 15) is 4.79 Å². The van der Waals surface area contributed by atoms with Crippen molar-refractivity contribution in [3.8, 4) is 11.5 Å². The molecule has 1 fully saturated rings. The summed E-state index contributed by atoms with van der Waals surface area (Å²) in [7, 11) is 1.69. The van der Waals surface area contributed by atoms with Gasteiger partial charge in [0.15, 0.2) is 0 Å². The summed E-state index contributed by atoms with van der Waals surface area (Å²) in [6.07, 6.45) is 0.0871. The van der Waals surface area contributed by atoms with Crippen LogP contribution < -0.4 is 14.8 Å². The SMILES string of the molecule is CNC(=O)C1CN(Cc2ccc(OCc3ccc(OC(C)C)c(Cl)c3)cc2)C1. The lowest BCUT2D eigenvalue weighted by atomic mass is 9.98. The summed E-state index contributed by atoms with van der Waals surface area (Å²) in [6.45, 7) is 6.87. The molecule has 0 bridgehead atoms. The minimum atomic E-state index is 0.0871. The molecule has 2 aromatic carbocycles. The highest BCUT2D eigenvalue weighted by atomic mass is 35.5. The highest BCUT2D eigenvalue weighted by Crippen LogP contribution is 2.27. The number of nitrogens with zero attached hydrogens (tertiary/aromatic N) is 1. The second-order valence-corrected chi connectivity index (χ2v) is 7.78. The molecule has 1 N–H and O–H groups in total. The Labute approximate surface area is 171 Å². The molecule has 2 aromatic rings. The van der Waals surface area contributed by atoms with Gasteiger partial charge in [0.05, 0.1) is 17.0 Å². The van der Waals surface area contributed by atoms with Crippen molar-refractivity contribution in [2.75, 3.05) is 20.1 Å². The van der Waals surface area contributed by atoms with Crippen LogP contribution in [-0.4, -0.2) is 37.0 Å². The highest BCUT2D eigenvalue weighted by Gasteiger charge is 2.31. The maximum atomic E-state index is 11.5. The van der Waals surface area contributed by atoms with E-state index in [1.165, 1.54) is 5.56 Å². The number of carbonyl (C=O) groups is 1. The lowest BCUT2D eigenvalue weighted by molar-refractivity contribution is -0.129. The Morgan fingerprint density at radius 2 is 1.86 bits per heavy atom. The van der Waals surface area contributed by atoms with Crippen molar-refractivity contribution >= 4 is 17.5 Å². The van der Waals surface area contributed by atoms with Crippen LogP contribution in [0.25, 0.3) is 0 Å². The van der Waals surface area contributed by atoms with E-state index in [4.69, 9.17) is 21.1 Å². The fourth-order valence-electron chi connectivity index (χ4n) is 3.17. The summed E-state index contributed by atoms with van der Waals surface area (Å²) in [4.78, 5) is 13.8. The normalized spacial score (nSPS) is 14.6. The third kappa shape index (κ3) is 5.40. The van der Waals surface area contributed by atoms with Crippen LogP contribution in [0.5, 0.6) is 11.5 Å². The summed E-state index contributed by atoms with van der Waals surface area (Å²) < 4.78 is 11.5. The number of hydrogen-bond acceptors (Lipinski definition) is 4. The maximum absolute atomic E-state index is 11.5. The van der Waals surface area contributed by atoms with E-state index in [-0.39, 0.29) is 17.9 Å². The molecule has 0 saturated carbocycles. The van der Waals surface area contributed by atoms with Crippen LogP contribution in [-0.2, 0) is 17.9 Å². The lowest BCUT2D eigenvalue weighted by Crippen LogP contribution is -2.52. The van der Waals surface area contributed by atoms with Crippen molar-refractivity contribution in [2.24, 2.45) is 5.92 Å². The van der Waals surface area contributed by atoms with Gasteiger partial charge in [0.2, 0.25) is 5.91 Å². The molecule has 0 atom stereocenters. The predicted octanol–water partition coefficient (Wildman–Crippen LogP) is 3.88. The van der Waals surface area contributed by atoms with Crippen LogP contribution in [0.4, 0.5) is 0 Å². The topological polar surface area (TPSA) is 50.8 Å². The monoisotopic (exact) mass is 402 g/mol. The smallest absolute Gasteiger partial charge is 0.225 e. The summed E-state index contributed by atoms with van der Waals surface area (Å²) >= 11 is 6.27. The predicted molar refractivity (Wildman–Crippen MR) is 111 cm³/mol. The van der Waals surface area contributed by atoms with Crippen molar-refractivity contribution in [1.82, 2.24) is 10.2 Å². The van der Waals surface area contributed by atoms with Gasteiger partial charge in [-0.15, -0.1) is 0 Å². The molecule has 1 aliphatic rings. The molecular weight excluding hydrogens is 376 g/mol. The minimum Gasteiger partial charge on any atom is -0.489 e. The lowest BCUT2D eigenvalue weighted by Gasteiger charge is -2.38. The summed E-state index contributed by atoms with van der Waals surface area (Å²) in [6, 6.07) is 13.8. The molecule has 150 valence electrons. The second kappa shape index (κ2) is 9.30. The number of nitrogens with one attached hydrogen (secondary N) is 1. The third-order valence-corrected chi connectivity index (χ3v) is 4.96. The fourth-order valence-corrected chi connectivity index (χ4v) is 3.42. The van der Waals surface area contributed by atoms with Crippen molar-refractivity contribution < 1.29 is 14.3 Å². The van der Waals surface area contributed by atoms with Gasteiger partial charge in [0.25, 0.3) is 0 Å². The van der Waals surface area contributed by atoms with Gasteiger partial charge in [-0.05, 0) is 49.2 Å². The van der Waals surface area contributed by atoms with Crippen LogP contribution in [0.15, 0.2) is 42.5 Å². The summed E-state index contributed by atoms with van der Waals surface area (Å²) in [5.41, 5.74) is 2.20. The van der Waals surface area contributed by atoms with E-state index >= 15 is 0 Å². The Kier molecular flexibility index (Phi) is 6.81. The number of benzene rings is 2. The number of carbonyl (C=O) groups excluding carboxylic acids is 1. The number of ether oxygens (including phenoxy) is 2. The molecule has 3 rings (SSSR count). The molecule has 0 aromatic heterocycles. The van der Waals surface area contributed by atoms with Gasteiger partial charge in [-0.3, -0.25) is 9.69 Å². The highest BCUT2D eigenvalue weighted by molar-refractivity contribution is 6.32.